The van der Waals surface area contributed by atoms with E-state index in [1.807, 2.05) is 12.1 Å². The molecular formula is C17H18Cl2N2O2. The second-order valence-corrected chi connectivity index (χ2v) is 6.43. The van der Waals surface area contributed by atoms with Gasteiger partial charge in [-0.15, -0.1) is 0 Å². The molecule has 0 bridgehead atoms. The summed E-state index contributed by atoms with van der Waals surface area (Å²) >= 11 is 11.9. The van der Waals surface area contributed by atoms with Crippen LogP contribution in [-0.4, -0.2) is 30.4 Å². The molecule has 1 aromatic heterocycles. The Morgan fingerprint density at radius 1 is 1.22 bits per heavy atom. The summed E-state index contributed by atoms with van der Waals surface area (Å²) < 4.78 is 5.55. The predicted octanol–water partition coefficient (Wildman–Crippen LogP) is 4.15. The molecular weight excluding hydrogens is 335 g/mol. The number of amides is 1. The summed E-state index contributed by atoms with van der Waals surface area (Å²) in [4.78, 5) is 14.7. The van der Waals surface area contributed by atoms with Crippen molar-refractivity contribution >= 4 is 29.1 Å². The van der Waals surface area contributed by atoms with E-state index in [0.717, 1.165) is 18.8 Å². The molecule has 1 N–H and O–H groups in total. The molecule has 0 spiro atoms. The van der Waals surface area contributed by atoms with E-state index in [1.165, 1.54) is 12.8 Å². The zero-order valence-corrected chi connectivity index (χ0v) is 14.1. The third-order valence-corrected chi connectivity index (χ3v) is 4.83. The van der Waals surface area contributed by atoms with Gasteiger partial charge in [0.25, 0.3) is 5.91 Å². The van der Waals surface area contributed by atoms with E-state index in [1.54, 1.807) is 24.5 Å². The van der Waals surface area contributed by atoms with Crippen LogP contribution in [0.5, 0.6) is 0 Å². The lowest BCUT2D eigenvalue weighted by atomic mass is 10.1. The highest BCUT2D eigenvalue weighted by molar-refractivity contribution is 6.42. The Balaban J connectivity index is 1.68. The molecule has 1 amide bonds. The highest BCUT2D eigenvalue weighted by atomic mass is 35.5. The zero-order valence-electron chi connectivity index (χ0n) is 12.6. The van der Waals surface area contributed by atoms with Crippen LogP contribution >= 0.6 is 23.2 Å². The van der Waals surface area contributed by atoms with Gasteiger partial charge in [0.15, 0.2) is 0 Å². The van der Waals surface area contributed by atoms with Gasteiger partial charge in [-0.1, -0.05) is 23.2 Å². The Morgan fingerprint density at radius 3 is 2.65 bits per heavy atom. The van der Waals surface area contributed by atoms with Crippen molar-refractivity contribution in [1.82, 2.24) is 10.2 Å². The molecule has 1 fully saturated rings. The van der Waals surface area contributed by atoms with Crippen LogP contribution in [0.25, 0.3) is 0 Å². The van der Waals surface area contributed by atoms with Crippen molar-refractivity contribution in [1.29, 1.82) is 0 Å². The fourth-order valence-electron chi connectivity index (χ4n) is 2.87. The first-order valence-electron chi connectivity index (χ1n) is 7.66. The number of rotatable bonds is 5. The van der Waals surface area contributed by atoms with Crippen molar-refractivity contribution in [3.63, 3.8) is 0 Å². The molecule has 23 heavy (non-hydrogen) atoms. The van der Waals surface area contributed by atoms with Gasteiger partial charge in [-0.25, -0.2) is 0 Å². The van der Waals surface area contributed by atoms with Crippen molar-refractivity contribution in [3.05, 3.63) is 58.0 Å². The van der Waals surface area contributed by atoms with Gasteiger partial charge >= 0.3 is 0 Å². The number of carbonyl (C=O) groups is 1. The molecule has 1 aromatic carbocycles. The summed E-state index contributed by atoms with van der Waals surface area (Å²) in [6.07, 6.45) is 4.02. The van der Waals surface area contributed by atoms with E-state index >= 15 is 0 Å². The Hall–Kier alpha value is -1.49. The number of furan rings is 1. The minimum absolute atomic E-state index is 0.0548. The van der Waals surface area contributed by atoms with Crippen molar-refractivity contribution < 1.29 is 9.21 Å². The lowest BCUT2D eigenvalue weighted by molar-refractivity contribution is 0.0934. The monoisotopic (exact) mass is 352 g/mol. The minimum Gasteiger partial charge on any atom is -0.468 e. The highest BCUT2D eigenvalue weighted by Crippen LogP contribution is 2.25. The quantitative estimate of drug-likeness (QED) is 0.878. The van der Waals surface area contributed by atoms with Crippen LogP contribution in [0, 0.1) is 0 Å². The van der Waals surface area contributed by atoms with E-state index in [0.29, 0.717) is 22.2 Å². The highest BCUT2D eigenvalue weighted by Gasteiger charge is 2.26. The molecule has 122 valence electrons. The number of carbonyl (C=O) groups excluding carboxylic acids is 1. The molecule has 1 saturated heterocycles. The summed E-state index contributed by atoms with van der Waals surface area (Å²) in [6.45, 7) is 2.54. The number of likely N-dealkylation sites (tertiary alicyclic amines) is 1. The largest absolute Gasteiger partial charge is 0.468 e. The number of hydrogen-bond acceptors (Lipinski definition) is 3. The molecule has 0 saturated carbocycles. The Morgan fingerprint density at radius 2 is 2.00 bits per heavy atom. The Kier molecular flexibility index (Phi) is 5.26. The first-order valence-corrected chi connectivity index (χ1v) is 8.41. The summed E-state index contributed by atoms with van der Waals surface area (Å²) in [5.41, 5.74) is 0.499. The lowest BCUT2D eigenvalue weighted by Crippen LogP contribution is -2.36. The Bertz CT molecular complexity index is 667. The maximum atomic E-state index is 12.3. The average molecular weight is 353 g/mol. The molecule has 0 aliphatic carbocycles. The van der Waals surface area contributed by atoms with Gasteiger partial charge < -0.3 is 9.73 Å². The number of hydrogen-bond donors (Lipinski definition) is 1. The smallest absolute Gasteiger partial charge is 0.251 e. The number of halogens is 2. The van der Waals surface area contributed by atoms with E-state index in [4.69, 9.17) is 27.6 Å². The van der Waals surface area contributed by atoms with Gasteiger partial charge in [0, 0.05) is 12.1 Å². The molecule has 2 heterocycles. The Labute approximate surface area is 145 Å². The van der Waals surface area contributed by atoms with Crippen molar-refractivity contribution in [2.24, 2.45) is 0 Å². The lowest BCUT2D eigenvalue weighted by Gasteiger charge is -2.26. The first-order chi connectivity index (χ1) is 11.1. The van der Waals surface area contributed by atoms with Crippen LogP contribution in [0.3, 0.4) is 0 Å². The molecule has 4 nitrogen and oxygen atoms in total. The molecule has 3 rings (SSSR count). The van der Waals surface area contributed by atoms with Crippen LogP contribution < -0.4 is 5.32 Å². The van der Waals surface area contributed by atoms with Crippen molar-refractivity contribution in [2.45, 2.75) is 18.9 Å². The van der Waals surface area contributed by atoms with E-state index < -0.39 is 0 Å². The molecule has 2 aromatic rings. The molecule has 1 aliphatic rings. The van der Waals surface area contributed by atoms with Gasteiger partial charge in [0.1, 0.15) is 5.76 Å². The average Bonchev–Trinajstić information content (AvgIpc) is 3.24. The van der Waals surface area contributed by atoms with Crippen LogP contribution in [0.15, 0.2) is 41.0 Å². The van der Waals surface area contributed by atoms with Gasteiger partial charge in [0.05, 0.1) is 22.4 Å². The summed E-state index contributed by atoms with van der Waals surface area (Å²) in [7, 11) is 0. The van der Waals surface area contributed by atoms with Crippen LogP contribution in [0.4, 0.5) is 0 Å². The second-order valence-electron chi connectivity index (χ2n) is 5.61. The maximum absolute atomic E-state index is 12.3. The van der Waals surface area contributed by atoms with Gasteiger partial charge in [0.2, 0.25) is 0 Å². The zero-order chi connectivity index (χ0) is 16.2. The van der Waals surface area contributed by atoms with Gasteiger partial charge in [-0.2, -0.15) is 0 Å². The number of benzene rings is 1. The molecule has 1 atom stereocenters. The molecule has 6 heteroatoms. The molecule has 1 aliphatic heterocycles. The SMILES string of the molecule is O=C(NCC(c1ccco1)N1CCCC1)c1ccc(Cl)c(Cl)c1. The van der Waals surface area contributed by atoms with E-state index in [-0.39, 0.29) is 11.9 Å². The van der Waals surface area contributed by atoms with Crippen molar-refractivity contribution in [2.75, 3.05) is 19.6 Å². The van der Waals surface area contributed by atoms with Crippen LogP contribution in [-0.2, 0) is 0 Å². The number of nitrogens with zero attached hydrogens (tertiary/aromatic N) is 1. The number of nitrogens with one attached hydrogen (secondary N) is 1. The third kappa shape index (κ3) is 3.89. The van der Waals surface area contributed by atoms with Gasteiger partial charge in [-0.05, 0) is 56.3 Å². The topological polar surface area (TPSA) is 45.5 Å². The van der Waals surface area contributed by atoms with Gasteiger partial charge in [-0.3, -0.25) is 9.69 Å². The fraction of sp³-hybridized carbons (Fsp3) is 0.353. The second kappa shape index (κ2) is 7.39. The first kappa shape index (κ1) is 16.4. The predicted molar refractivity (Wildman–Crippen MR) is 91.1 cm³/mol. The summed E-state index contributed by atoms with van der Waals surface area (Å²) in [5, 5.41) is 3.78. The summed E-state index contributed by atoms with van der Waals surface area (Å²) in [6, 6.07) is 8.76. The van der Waals surface area contributed by atoms with Crippen molar-refractivity contribution in [3.8, 4) is 0 Å². The maximum Gasteiger partial charge on any atom is 0.251 e. The van der Waals surface area contributed by atoms with E-state index in [2.05, 4.69) is 10.2 Å². The minimum atomic E-state index is -0.167. The third-order valence-electron chi connectivity index (χ3n) is 4.09. The molecule has 1 unspecified atom stereocenters. The van der Waals surface area contributed by atoms with Crippen LogP contribution in [0.2, 0.25) is 10.0 Å². The van der Waals surface area contributed by atoms with Crippen LogP contribution in [0.1, 0.15) is 35.0 Å². The van der Waals surface area contributed by atoms with E-state index in [9.17, 15) is 4.79 Å². The standard InChI is InChI=1S/C17H18Cl2N2O2/c18-13-6-5-12(10-14(13)19)17(22)20-11-15(16-4-3-9-23-16)21-7-1-2-8-21/h3-6,9-10,15H,1-2,7-8,11H2,(H,20,22). The summed E-state index contributed by atoms with van der Waals surface area (Å²) in [5.74, 6) is 0.709. The molecule has 0 radical (unpaired) electrons. The fourth-order valence-corrected chi connectivity index (χ4v) is 3.17. The normalized spacial score (nSPS) is 16.4.